The third-order valence-corrected chi connectivity index (χ3v) is 3.16. The van der Waals surface area contributed by atoms with E-state index in [0.717, 1.165) is 0 Å². The van der Waals surface area contributed by atoms with Gasteiger partial charge < -0.3 is 0 Å². The quantitative estimate of drug-likeness (QED) is 0.706. The average molecular weight is 260 g/mol. The van der Waals surface area contributed by atoms with Crippen LogP contribution in [0, 0.1) is 11.3 Å². The molecule has 2 rings (SSSR count). The third-order valence-electron chi connectivity index (χ3n) is 2.44. The van der Waals surface area contributed by atoms with Crippen LogP contribution in [-0.4, -0.2) is 4.32 Å². The van der Waals surface area contributed by atoms with Crippen LogP contribution in [-0.2, 0) is 0 Å². The lowest BCUT2D eigenvalue weighted by Crippen LogP contribution is -2.17. The van der Waals surface area contributed by atoms with Gasteiger partial charge >= 0.3 is 0 Å². The number of hydrogen-bond acceptors (Lipinski definition) is 1. The maximum Gasteiger partial charge on any atom is 0.134 e. The second-order valence-electron chi connectivity index (χ2n) is 3.57. The molecule has 0 bridgehead atoms. The number of benzene rings is 1. The standard InChI is InChI=1S/C13H10BrN/c14-13(10-15)8-4-7-12(9-13)11-5-2-1-3-6-11/h1-8H,9H2. The molecule has 1 aromatic rings. The van der Waals surface area contributed by atoms with Crippen molar-refractivity contribution in [3.05, 3.63) is 54.1 Å². The normalized spacial score (nSPS) is 24.4. The molecular formula is C13H10BrN. The lowest BCUT2D eigenvalue weighted by atomic mass is 9.91. The zero-order chi connectivity index (χ0) is 10.7. The molecule has 0 heterocycles. The molecule has 1 aromatic carbocycles. The SMILES string of the molecule is N#CC1(Br)C=CC=C(c2ccccc2)C1. The van der Waals surface area contributed by atoms with Crippen LogP contribution in [0.15, 0.2) is 48.6 Å². The van der Waals surface area contributed by atoms with E-state index in [1.807, 2.05) is 30.4 Å². The minimum Gasteiger partial charge on any atom is -0.196 e. The summed E-state index contributed by atoms with van der Waals surface area (Å²) in [4.78, 5) is 0. The molecule has 1 aliphatic carbocycles. The van der Waals surface area contributed by atoms with Crippen LogP contribution in [0.5, 0.6) is 0 Å². The molecule has 1 atom stereocenters. The summed E-state index contributed by atoms with van der Waals surface area (Å²) in [5.74, 6) is 0. The van der Waals surface area contributed by atoms with E-state index >= 15 is 0 Å². The van der Waals surface area contributed by atoms with Crippen LogP contribution in [0.4, 0.5) is 0 Å². The van der Waals surface area contributed by atoms with Gasteiger partial charge in [0.25, 0.3) is 0 Å². The van der Waals surface area contributed by atoms with Gasteiger partial charge in [-0.2, -0.15) is 5.26 Å². The molecule has 0 aliphatic heterocycles. The summed E-state index contributed by atoms with van der Waals surface area (Å²) < 4.78 is -0.535. The van der Waals surface area contributed by atoms with Gasteiger partial charge in [0.1, 0.15) is 4.32 Å². The third kappa shape index (κ3) is 2.19. The molecule has 0 spiro atoms. The van der Waals surface area contributed by atoms with Crippen molar-refractivity contribution in [2.45, 2.75) is 10.7 Å². The first kappa shape index (κ1) is 10.2. The molecule has 1 unspecified atom stereocenters. The van der Waals surface area contributed by atoms with Gasteiger partial charge in [0, 0.05) is 6.42 Å². The van der Waals surface area contributed by atoms with Gasteiger partial charge in [0.15, 0.2) is 0 Å². The van der Waals surface area contributed by atoms with Gasteiger partial charge in [-0.25, -0.2) is 0 Å². The van der Waals surface area contributed by atoms with Crippen molar-refractivity contribution in [3.8, 4) is 6.07 Å². The minimum atomic E-state index is -0.535. The summed E-state index contributed by atoms with van der Waals surface area (Å²) in [6.45, 7) is 0. The second-order valence-corrected chi connectivity index (χ2v) is 4.98. The first-order chi connectivity index (χ1) is 7.23. The lowest BCUT2D eigenvalue weighted by molar-refractivity contribution is 0.929. The van der Waals surface area contributed by atoms with E-state index in [2.05, 4.69) is 40.2 Å². The summed E-state index contributed by atoms with van der Waals surface area (Å²) in [6.07, 6.45) is 6.60. The summed E-state index contributed by atoms with van der Waals surface area (Å²) in [6, 6.07) is 12.4. The molecular weight excluding hydrogens is 250 g/mol. The summed E-state index contributed by atoms with van der Waals surface area (Å²) in [5, 5.41) is 9.04. The van der Waals surface area contributed by atoms with E-state index in [1.165, 1.54) is 11.1 Å². The average Bonchev–Trinajstić information content (AvgIpc) is 2.30. The van der Waals surface area contributed by atoms with E-state index in [9.17, 15) is 0 Å². The highest BCUT2D eigenvalue weighted by molar-refractivity contribution is 9.10. The molecule has 15 heavy (non-hydrogen) atoms. The number of rotatable bonds is 1. The molecule has 74 valence electrons. The van der Waals surface area contributed by atoms with Crippen molar-refractivity contribution >= 4 is 21.5 Å². The predicted molar refractivity (Wildman–Crippen MR) is 65.4 cm³/mol. The monoisotopic (exact) mass is 259 g/mol. The molecule has 0 N–H and O–H groups in total. The number of halogens is 1. The highest BCUT2D eigenvalue weighted by Gasteiger charge is 2.26. The van der Waals surface area contributed by atoms with Gasteiger partial charge in [-0.05, 0) is 11.1 Å². The molecule has 1 nitrogen and oxygen atoms in total. The number of hydrogen-bond donors (Lipinski definition) is 0. The highest BCUT2D eigenvalue weighted by Crippen LogP contribution is 2.35. The lowest BCUT2D eigenvalue weighted by Gasteiger charge is -2.20. The van der Waals surface area contributed by atoms with Gasteiger partial charge in [0.2, 0.25) is 0 Å². The Kier molecular flexibility index (Phi) is 2.75. The number of alkyl halides is 1. The molecule has 0 amide bonds. The van der Waals surface area contributed by atoms with Crippen LogP contribution in [0.3, 0.4) is 0 Å². The topological polar surface area (TPSA) is 23.8 Å². The van der Waals surface area contributed by atoms with E-state index < -0.39 is 4.32 Å². The Balaban J connectivity index is 2.31. The van der Waals surface area contributed by atoms with E-state index in [-0.39, 0.29) is 0 Å². The summed E-state index contributed by atoms with van der Waals surface area (Å²) in [5.41, 5.74) is 2.37. The van der Waals surface area contributed by atoms with Crippen LogP contribution in [0.1, 0.15) is 12.0 Å². The van der Waals surface area contributed by atoms with Crippen molar-refractivity contribution in [2.75, 3.05) is 0 Å². The van der Waals surface area contributed by atoms with Gasteiger partial charge in [-0.15, -0.1) is 0 Å². The Morgan fingerprint density at radius 1 is 1.27 bits per heavy atom. The number of allylic oxidation sites excluding steroid dienone is 4. The maximum absolute atomic E-state index is 9.04. The maximum atomic E-state index is 9.04. The van der Waals surface area contributed by atoms with E-state index in [0.29, 0.717) is 6.42 Å². The van der Waals surface area contributed by atoms with Crippen molar-refractivity contribution in [1.82, 2.24) is 0 Å². The zero-order valence-electron chi connectivity index (χ0n) is 8.15. The highest BCUT2D eigenvalue weighted by atomic mass is 79.9. The molecule has 0 aromatic heterocycles. The fourth-order valence-electron chi connectivity index (χ4n) is 1.64. The zero-order valence-corrected chi connectivity index (χ0v) is 9.74. The smallest absolute Gasteiger partial charge is 0.134 e. The first-order valence-electron chi connectivity index (χ1n) is 4.77. The fraction of sp³-hybridized carbons (Fsp3) is 0.154. The molecule has 0 radical (unpaired) electrons. The van der Waals surface area contributed by atoms with Gasteiger partial charge in [-0.3, -0.25) is 0 Å². The van der Waals surface area contributed by atoms with E-state index in [4.69, 9.17) is 5.26 Å². The van der Waals surface area contributed by atoms with E-state index in [1.54, 1.807) is 0 Å². The second kappa shape index (κ2) is 4.04. The fourth-order valence-corrected chi connectivity index (χ4v) is 2.09. The van der Waals surface area contributed by atoms with Crippen LogP contribution < -0.4 is 0 Å². The van der Waals surface area contributed by atoms with Crippen molar-refractivity contribution in [2.24, 2.45) is 0 Å². The Bertz CT molecular complexity index is 453. The number of nitrogens with zero attached hydrogens (tertiary/aromatic N) is 1. The molecule has 0 fully saturated rings. The van der Waals surface area contributed by atoms with Crippen molar-refractivity contribution in [3.63, 3.8) is 0 Å². The molecule has 0 saturated heterocycles. The molecule has 0 saturated carbocycles. The largest absolute Gasteiger partial charge is 0.196 e. The molecule has 2 heteroatoms. The summed E-state index contributed by atoms with van der Waals surface area (Å²) >= 11 is 3.44. The van der Waals surface area contributed by atoms with Crippen molar-refractivity contribution < 1.29 is 0 Å². The number of nitriles is 1. The van der Waals surface area contributed by atoms with Crippen LogP contribution in [0.2, 0.25) is 0 Å². The van der Waals surface area contributed by atoms with Crippen molar-refractivity contribution in [1.29, 1.82) is 5.26 Å². The predicted octanol–water partition coefficient (Wildman–Crippen LogP) is 3.69. The Morgan fingerprint density at radius 2 is 2.00 bits per heavy atom. The van der Waals surface area contributed by atoms with Gasteiger partial charge in [-0.1, -0.05) is 64.5 Å². The van der Waals surface area contributed by atoms with Gasteiger partial charge in [0.05, 0.1) is 6.07 Å². The van der Waals surface area contributed by atoms with Crippen LogP contribution in [0.25, 0.3) is 5.57 Å². The first-order valence-corrected chi connectivity index (χ1v) is 5.57. The Labute approximate surface area is 97.9 Å². The van der Waals surface area contributed by atoms with Crippen LogP contribution >= 0.6 is 15.9 Å². The Hall–Kier alpha value is -1.33. The Morgan fingerprint density at radius 3 is 2.67 bits per heavy atom. The minimum absolute atomic E-state index is 0.535. The molecule has 1 aliphatic rings. The summed E-state index contributed by atoms with van der Waals surface area (Å²) in [7, 11) is 0.